The number of hydrogen-bond acceptors (Lipinski definition) is 3. The van der Waals surface area contributed by atoms with Gasteiger partial charge in [0.25, 0.3) is 0 Å². The number of benzene rings is 1. The number of nitrogens with zero attached hydrogens (tertiary/aromatic N) is 1. The molecule has 0 saturated heterocycles. The lowest BCUT2D eigenvalue weighted by molar-refractivity contribution is 0.415. The van der Waals surface area contributed by atoms with Gasteiger partial charge in [0.05, 0.1) is 18.9 Å². The third-order valence-corrected chi connectivity index (χ3v) is 2.55. The summed E-state index contributed by atoms with van der Waals surface area (Å²) in [5.41, 5.74) is 2.04. The van der Waals surface area contributed by atoms with Crippen LogP contribution in [0, 0.1) is 24.2 Å². The third-order valence-electron chi connectivity index (χ3n) is 2.55. The molecule has 0 aliphatic carbocycles. The monoisotopic (exact) mass is 232 g/mol. The zero-order valence-corrected chi connectivity index (χ0v) is 10.9. The maximum Gasteiger partial charge on any atom is 0.142 e. The SMILES string of the molecule is COc1ccc(C)cc1NC(C#N)CC(C)C. The number of aryl methyl sites for hydroxylation is 1. The lowest BCUT2D eigenvalue weighted by Crippen LogP contribution is -2.19. The number of rotatable bonds is 5. The molecule has 3 nitrogen and oxygen atoms in total. The van der Waals surface area contributed by atoms with E-state index in [2.05, 4.69) is 25.2 Å². The largest absolute Gasteiger partial charge is 0.495 e. The number of nitriles is 1. The third kappa shape index (κ3) is 3.99. The fourth-order valence-electron chi connectivity index (χ4n) is 1.74. The van der Waals surface area contributed by atoms with Crippen molar-refractivity contribution in [2.24, 2.45) is 5.92 Å². The highest BCUT2D eigenvalue weighted by Crippen LogP contribution is 2.26. The molecule has 1 N–H and O–H groups in total. The first-order valence-electron chi connectivity index (χ1n) is 5.87. The Morgan fingerprint density at radius 2 is 2.12 bits per heavy atom. The van der Waals surface area contributed by atoms with Crippen molar-refractivity contribution in [3.05, 3.63) is 23.8 Å². The van der Waals surface area contributed by atoms with E-state index in [0.717, 1.165) is 23.4 Å². The molecule has 1 atom stereocenters. The molecule has 1 rings (SSSR count). The molecule has 0 aliphatic heterocycles. The van der Waals surface area contributed by atoms with Crippen LogP contribution < -0.4 is 10.1 Å². The van der Waals surface area contributed by atoms with Crippen LogP contribution in [0.2, 0.25) is 0 Å². The molecule has 0 aliphatic rings. The number of anilines is 1. The molecule has 0 heterocycles. The van der Waals surface area contributed by atoms with Gasteiger partial charge in [-0.3, -0.25) is 0 Å². The van der Waals surface area contributed by atoms with Gasteiger partial charge in [0.2, 0.25) is 0 Å². The van der Waals surface area contributed by atoms with Crippen LogP contribution >= 0.6 is 0 Å². The molecule has 0 bridgehead atoms. The van der Waals surface area contributed by atoms with Gasteiger partial charge in [0.1, 0.15) is 11.8 Å². The molecule has 17 heavy (non-hydrogen) atoms. The first-order chi connectivity index (χ1) is 8.06. The molecule has 0 saturated carbocycles. The smallest absolute Gasteiger partial charge is 0.142 e. The first kappa shape index (κ1) is 13.4. The minimum absolute atomic E-state index is 0.175. The van der Waals surface area contributed by atoms with Crippen molar-refractivity contribution < 1.29 is 4.74 Å². The summed E-state index contributed by atoms with van der Waals surface area (Å²) >= 11 is 0. The van der Waals surface area contributed by atoms with Crippen LogP contribution in [0.5, 0.6) is 5.75 Å². The van der Waals surface area contributed by atoms with Crippen molar-refractivity contribution in [2.45, 2.75) is 33.2 Å². The Morgan fingerprint density at radius 3 is 2.65 bits per heavy atom. The Morgan fingerprint density at radius 1 is 1.41 bits per heavy atom. The highest BCUT2D eigenvalue weighted by atomic mass is 16.5. The summed E-state index contributed by atoms with van der Waals surface area (Å²) in [5, 5.41) is 12.4. The quantitative estimate of drug-likeness (QED) is 0.846. The second kappa shape index (κ2) is 6.15. The first-order valence-corrected chi connectivity index (χ1v) is 5.87. The summed E-state index contributed by atoms with van der Waals surface area (Å²) in [4.78, 5) is 0. The van der Waals surface area contributed by atoms with Crippen LogP contribution in [0.4, 0.5) is 5.69 Å². The van der Waals surface area contributed by atoms with Gasteiger partial charge in [-0.25, -0.2) is 0 Å². The molecule has 1 aromatic carbocycles. The average Bonchev–Trinajstić information content (AvgIpc) is 2.28. The average molecular weight is 232 g/mol. The summed E-state index contributed by atoms with van der Waals surface area (Å²) < 4.78 is 5.28. The van der Waals surface area contributed by atoms with E-state index < -0.39 is 0 Å². The zero-order valence-electron chi connectivity index (χ0n) is 10.9. The van der Waals surface area contributed by atoms with Gasteiger partial charge >= 0.3 is 0 Å². The second-order valence-corrected chi connectivity index (χ2v) is 4.66. The number of methoxy groups -OCH3 is 1. The fourth-order valence-corrected chi connectivity index (χ4v) is 1.74. The van der Waals surface area contributed by atoms with Crippen molar-refractivity contribution in [1.29, 1.82) is 5.26 Å². The van der Waals surface area contributed by atoms with Gasteiger partial charge in [-0.1, -0.05) is 19.9 Å². The Bertz CT molecular complexity index is 407. The van der Waals surface area contributed by atoms with Gasteiger partial charge in [-0.2, -0.15) is 5.26 Å². The van der Waals surface area contributed by atoms with Crippen molar-refractivity contribution in [3.8, 4) is 11.8 Å². The zero-order chi connectivity index (χ0) is 12.8. The summed E-state index contributed by atoms with van der Waals surface area (Å²) in [6.07, 6.45) is 0.827. The van der Waals surface area contributed by atoms with Crippen molar-refractivity contribution >= 4 is 5.69 Å². The molecule has 1 unspecified atom stereocenters. The Labute approximate surface area is 103 Å². The molecule has 3 heteroatoms. The van der Waals surface area contributed by atoms with E-state index in [-0.39, 0.29) is 6.04 Å². The van der Waals surface area contributed by atoms with Crippen molar-refractivity contribution in [3.63, 3.8) is 0 Å². The molecular weight excluding hydrogens is 212 g/mol. The van der Waals surface area contributed by atoms with E-state index in [1.54, 1.807) is 7.11 Å². The van der Waals surface area contributed by atoms with E-state index >= 15 is 0 Å². The molecule has 0 fully saturated rings. The molecule has 1 aromatic rings. The van der Waals surface area contributed by atoms with Gasteiger partial charge in [-0.15, -0.1) is 0 Å². The Hall–Kier alpha value is -1.69. The maximum absolute atomic E-state index is 9.12. The Kier molecular flexibility index (Phi) is 4.84. The lowest BCUT2D eigenvalue weighted by Gasteiger charge is -2.17. The lowest BCUT2D eigenvalue weighted by atomic mass is 10.0. The summed E-state index contributed by atoms with van der Waals surface area (Å²) in [6.45, 7) is 6.24. The highest BCUT2D eigenvalue weighted by molar-refractivity contribution is 5.59. The molecular formula is C14H20N2O. The predicted molar refractivity (Wildman–Crippen MR) is 70.2 cm³/mol. The maximum atomic E-state index is 9.12. The van der Waals surface area contributed by atoms with Gasteiger partial charge in [0.15, 0.2) is 0 Å². The predicted octanol–water partition coefficient (Wildman–Crippen LogP) is 3.35. The van der Waals surface area contributed by atoms with E-state index in [1.165, 1.54) is 0 Å². The van der Waals surface area contributed by atoms with Crippen molar-refractivity contribution in [1.82, 2.24) is 0 Å². The van der Waals surface area contributed by atoms with Gasteiger partial charge < -0.3 is 10.1 Å². The Balaban J connectivity index is 2.85. The van der Waals surface area contributed by atoms with Crippen LogP contribution in [-0.2, 0) is 0 Å². The second-order valence-electron chi connectivity index (χ2n) is 4.66. The molecule has 0 spiro atoms. The molecule has 0 amide bonds. The van der Waals surface area contributed by atoms with Crippen molar-refractivity contribution in [2.75, 3.05) is 12.4 Å². The summed E-state index contributed by atoms with van der Waals surface area (Å²) in [7, 11) is 1.64. The number of ether oxygens (including phenoxy) is 1. The minimum Gasteiger partial charge on any atom is -0.495 e. The topological polar surface area (TPSA) is 45.0 Å². The molecule has 0 radical (unpaired) electrons. The summed E-state index contributed by atoms with van der Waals surface area (Å²) in [6, 6.07) is 8.03. The van der Waals surface area contributed by atoms with Crippen LogP contribution in [-0.4, -0.2) is 13.2 Å². The van der Waals surface area contributed by atoms with Gasteiger partial charge in [-0.05, 0) is 37.0 Å². The van der Waals surface area contributed by atoms with Crippen LogP contribution in [0.15, 0.2) is 18.2 Å². The van der Waals surface area contributed by atoms with Gasteiger partial charge in [0, 0.05) is 0 Å². The standard InChI is InChI=1S/C14H20N2O/c1-10(2)7-12(9-15)16-13-8-11(3)5-6-14(13)17-4/h5-6,8,10,12,16H,7H2,1-4H3. The normalized spacial score (nSPS) is 12.0. The van der Waals surface area contributed by atoms with Crippen LogP contribution in [0.1, 0.15) is 25.8 Å². The fraction of sp³-hybridized carbons (Fsp3) is 0.500. The van der Waals surface area contributed by atoms with E-state index in [9.17, 15) is 0 Å². The van der Waals surface area contributed by atoms with Crippen LogP contribution in [0.3, 0.4) is 0 Å². The number of hydrogen-bond donors (Lipinski definition) is 1. The van der Waals surface area contributed by atoms with E-state index in [1.807, 2.05) is 25.1 Å². The minimum atomic E-state index is -0.175. The molecule has 92 valence electrons. The van der Waals surface area contributed by atoms with Crippen LogP contribution in [0.25, 0.3) is 0 Å². The molecule has 0 aromatic heterocycles. The van der Waals surface area contributed by atoms with E-state index in [0.29, 0.717) is 5.92 Å². The van der Waals surface area contributed by atoms with E-state index in [4.69, 9.17) is 10.00 Å². The highest BCUT2D eigenvalue weighted by Gasteiger charge is 2.12. The summed E-state index contributed by atoms with van der Waals surface area (Å²) in [5.74, 6) is 1.27. The number of nitrogens with one attached hydrogen (secondary N) is 1.